The summed E-state index contributed by atoms with van der Waals surface area (Å²) < 4.78 is 0. The Labute approximate surface area is 145 Å². The quantitative estimate of drug-likeness (QED) is 0.701. The molecule has 0 bridgehead atoms. The fourth-order valence-electron chi connectivity index (χ4n) is 2.24. The molecule has 5 heteroatoms. The molecule has 24 heavy (non-hydrogen) atoms. The van der Waals surface area contributed by atoms with Crippen molar-refractivity contribution < 1.29 is 4.79 Å². The lowest BCUT2D eigenvalue weighted by molar-refractivity contribution is 0.102. The highest BCUT2D eigenvalue weighted by Crippen LogP contribution is 2.26. The van der Waals surface area contributed by atoms with E-state index in [0.29, 0.717) is 5.56 Å². The first-order valence-electron chi connectivity index (χ1n) is 7.47. The number of hydrogen-bond acceptors (Lipinski definition) is 3. The number of amides is 1. The van der Waals surface area contributed by atoms with Gasteiger partial charge in [0.2, 0.25) is 0 Å². The minimum Gasteiger partial charge on any atom is -0.355 e. The molecule has 0 aliphatic rings. The monoisotopic (exact) mass is 337 g/mol. The number of halogens is 1. The highest BCUT2D eigenvalue weighted by atomic mass is 35.5. The fraction of sp³-hybridized carbons (Fsp3) is 0.0526. The summed E-state index contributed by atoms with van der Waals surface area (Å²) in [7, 11) is 0. The highest BCUT2D eigenvalue weighted by molar-refractivity contribution is 6.31. The van der Waals surface area contributed by atoms with Gasteiger partial charge in [-0.1, -0.05) is 17.7 Å². The zero-order chi connectivity index (χ0) is 16.9. The predicted octanol–water partition coefficient (Wildman–Crippen LogP) is 5.04. The lowest BCUT2D eigenvalue weighted by Gasteiger charge is -2.11. The highest BCUT2D eigenvalue weighted by Gasteiger charge is 2.06. The normalized spacial score (nSPS) is 10.2. The van der Waals surface area contributed by atoms with Crippen LogP contribution in [0.2, 0.25) is 5.02 Å². The first-order valence-corrected chi connectivity index (χ1v) is 7.85. The number of aromatic nitrogens is 1. The first-order chi connectivity index (χ1) is 11.6. The Morgan fingerprint density at radius 2 is 1.75 bits per heavy atom. The van der Waals surface area contributed by atoms with Crippen molar-refractivity contribution in [1.82, 2.24) is 4.98 Å². The molecule has 0 aliphatic heterocycles. The number of rotatable bonds is 4. The second kappa shape index (κ2) is 7.15. The van der Waals surface area contributed by atoms with Crippen LogP contribution in [0, 0.1) is 6.92 Å². The first kappa shape index (κ1) is 16.0. The summed E-state index contributed by atoms with van der Waals surface area (Å²) in [4.78, 5) is 16.0. The Kier molecular flexibility index (Phi) is 4.77. The molecule has 120 valence electrons. The molecule has 3 aromatic rings. The van der Waals surface area contributed by atoms with Gasteiger partial charge in [0.15, 0.2) is 0 Å². The average Bonchev–Trinajstić information content (AvgIpc) is 2.61. The van der Waals surface area contributed by atoms with Crippen molar-refractivity contribution >= 4 is 34.6 Å². The van der Waals surface area contributed by atoms with Crippen LogP contribution >= 0.6 is 11.6 Å². The predicted molar refractivity (Wildman–Crippen MR) is 98.1 cm³/mol. The van der Waals surface area contributed by atoms with E-state index in [4.69, 9.17) is 11.6 Å². The van der Waals surface area contributed by atoms with Crippen molar-refractivity contribution in [2.45, 2.75) is 6.92 Å². The molecule has 0 saturated heterocycles. The molecule has 1 aromatic heterocycles. The Balaban J connectivity index is 1.69. The van der Waals surface area contributed by atoms with Gasteiger partial charge in [0.05, 0.1) is 5.56 Å². The zero-order valence-electron chi connectivity index (χ0n) is 13.1. The fourth-order valence-corrected chi connectivity index (χ4v) is 2.41. The van der Waals surface area contributed by atoms with Crippen molar-refractivity contribution in [3.8, 4) is 0 Å². The van der Waals surface area contributed by atoms with Crippen LogP contribution in [0.25, 0.3) is 0 Å². The summed E-state index contributed by atoms with van der Waals surface area (Å²) in [5.41, 5.74) is 4.11. The molecular formula is C19H16ClN3O. The standard InChI is InChI=1S/C19H16ClN3O/c1-13-17(20)5-2-6-18(13)22-15-7-9-16(10-8-15)23-19(24)14-4-3-11-21-12-14/h2-12,22H,1H3,(H,23,24). The Bertz CT molecular complexity index is 848. The summed E-state index contributed by atoms with van der Waals surface area (Å²) in [6, 6.07) is 16.7. The summed E-state index contributed by atoms with van der Waals surface area (Å²) >= 11 is 6.13. The molecule has 2 aromatic carbocycles. The molecule has 0 aliphatic carbocycles. The van der Waals surface area contributed by atoms with Crippen LogP contribution in [-0.2, 0) is 0 Å². The van der Waals surface area contributed by atoms with Gasteiger partial charge in [-0.2, -0.15) is 0 Å². The van der Waals surface area contributed by atoms with Crippen LogP contribution in [0.3, 0.4) is 0 Å². The summed E-state index contributed by atoms with van der Waals surface area (Å²) in [6.45, 7) is 1.97. The number of hydrogen-bond donors (Lipinski definition) is 2. The number of benzene rings is 2. The van der Waals surface area contributed by atoms with Crippen molar-refractivity contribution in [3.63, 3.8) is 0 Å². The lowest BCUT2D eigenvalue weighted by atomic mass is 10.2. The van der Waals surface area contributed by atoms with Crippen LogP contribution < -0.4 is 10.6 Å². The molecule has 0 atom stereocenters. The summed E-state index contributed by atoms with van der Waals surface area (Å²) in [5.74, 6) is -0.186. The number of pyridine rings is 1. The van der Waals surface area contributed by atoms with Gasteiger partial charge in [0, 0.05) is 34.5 Å². The van der Waals surface area contributed by atoms with Gasteiger partial charge < -0.3 is 10.6 Å². The summed E-state index contributed by atoms with van der Waals surface area (Å²) in [6.07, 6.45) is 3.17. The van der Waals surface area contributed by atoms with Crippen LogP contribution in [0.15, 0.2) is 67.0 Å². The van der Waals surface area contributed by atoms with E-state index >= 15 is 0 Å². The Morgan fingerprint density at radius 3 is 2.46 bits per heavy atom. The van der Waals surface area contributed by atoms with E-state index in [-0.39, 0.29) is 5.91 Å². The van der Waals surface area contributed by atoms with Gasteiger partial charge in [-0.25, -0.2) is 0 Å². The maximum absolute atomic E-state index is 12.1. The molecule has 3 rings (SSSR count). The van der Waals surface area contributed by atoms with Crippen LogP contribution in [0.1, 0.15) is 15.9 Å². The van der Waals surface area contributed by atoms with Gasteiger partial charge in [-0.3, -0.25) is 9.78 Å². The van der Waals surface area contributed by atoms with E-state index in [1.807, 2.05) is 49.4 Å². The average molecular weight is 338 g/mol. The number of carbonyl (C=O) groups is 1. The zero-order valence-corrected chi connectivity index (χ0v) is 13.8. The molecule has 0 radical (unpaired) electrons. The topological polar surface area (TPSA) is 54.0 Å². The molecule has 0 spiro atoms. The molecular weight excluding hydrogens is 322 g/mol. The molecule has 0 fully saturated rings. The third kappa shape index (κ3) is 3.73. The number of carbonyl (C=O) groups excluding carboxylic acids is 1. The van der Waals surface area contributed by atoms with Gasteiger partial charge in [0.1, 0.15) is 0 Å². The molecule has 0 unspecified atom stereocenters. The van der Waals surface area contributed by atoms with Crippen molar-refractivity contribution in [3.05, 3.63) is 83.1 Å². The molecule has 1 amide bonds. The third-order valence-electron chi connectivity index (χ3n) is 3.61. The van der Waals surface area contributed by atoms with Gasteiger partial charge in [0.25, 0.3) is 5.91 Å². The van der Waals surface area contributed by atoms with E-state index in [9.17, 15) is 4.79 Å². The van der Waals surface area contributed by atoms with Gasteiger partial charge in [-0.05, 0) is 61.0 Å². The van der Waals surface area contributed by atoms with Crippen molar-refractivity contribution in [2.24, 2.45) is 0 Å². The second-order valence-electron chi connectivity index (χ2n) is 5.31. The van der Waals surface area contributed by atoms with Gasteiger partial charge >= 0.3 is 0 Å². The van der Waals surface area contributed by atoms with E-state index in [0.717, 1.165) is 27.6 Å². The number of nitrogens with zero attached hydrogens (tertiary/aromatic N) is 1. The van der Waals surface area contributed by atoms with Crippen molar-refractivity contribution in [1.29, 1.82) is 0 Å². The van der Waals surface area contributed by atoms with E-state index in [1.54, 1.807) is 18.3 Å². The third-order valence-corrected chi connectivity index (χ3v) is 4.02. The minimum absolute atomic E-state index is 0.186. The molecule has 0 saturated carbocycles. The number of anilines is 3. The minimum atomic E-state index is -0.186. The van der Waals surface area contributed by atoms with Crippen LogP contribution in [0.4, 0.5) is 17.1 Å². The summed E-state index contributed by atoms with van der Waals surface area (Å²) in [5, 5.41) is 6.88. The van der Waals surface area contributed by atoms with Crippen LogP contribution in [-0.4, -0.2) is 10.9 Å². The van der Waals surface area contributed by atoms with Gasteiger partial charge in [-0.15, -0.1) is 0 Å². The smallest absolute Gasteiger partial charge is 0.257 e. The number of nitrogens with one attached hydrogen (secondary N) is 2. The largest absolute Gasteiger partial charge is 0.355 e. The maximum Gasteiger partial charge on any atom is 0.257 e. The SMILES string of the molecule is Cc1c(Cl)cccc1Nc1ccc(NC(=O)c2cccnc2)cc1. The Hall–Kier alpha value is -2.85. The Morgan fingerprint density at radius 1 is 1.00 bits per heavy atom. The van der Waals surface area contributed by atoms with E-state index < -0.39 is 0 Å². The second-order valence-corrected chi connectivity index (χ2v) is 5.72. The maximum atomic E-state index is 12.1. The van der Waals surface area contributed by atoms with E-state index in [2.05, 4.69) is 15.6 Å². The van der Waals surface area contributed by atoms with E-state index in [1.165, 1.54) is 6.20 Å². The van der Waals surface area contributed by atoms with Crippen LogP contribution in [0.5, 0.6) is 0 Å². The lowest BCUT2D eigenvalue weighted by Crippen LogP contribution is -2.11. The molecule has 1 heterocycles. The van der Waals surface area contributed by atoms with Crippen molar-refractivity contribution in [2.75, 3.05) is 10.6 Å². The molecule has 2 N–H and O–H groups in total. The molecule has 4 nitrogen and oxygen atoms in total.